The van der Waals surface area contributed by atoms with Crippen molar-refractivity contribution in [1.82, 2.24) is 4.98 Å². The average molecular weight is 307 g/mol. The molecule has 22 heavy (non-hydrogen) atoms. The first-order chi connectivity index (χ1) is 10.4. The maximum atomic E-state index is 4.53. The summed E-state index contributed by atoms with van der Waals surface area (Å²) in [6.07, 6.45) is 6.18. The predicted molar refractivity (Wildman–Crippen MR) is 85.0 cm³/mol. The number of nitrogens with zero attached hydrogens (tertiary/aromatic N) is 2. The fraction of sp³-hybridized carbons (Fsp3) is 0.0526. The second-order valence-electron chi connectivity index (χ2n) is 5.24. The van der Waals surface area contributed by atoms with Crippen LogP contribution >= 0.6 is 0 Å². The highest BCUT2D eigenvalue weighted by molar-refractivity contribution is 5.82. The molecule has 4 aromatic rings. The fourth-order valence-corrected chi connectivity index (χ4v) is 2.77. The van der Waals surface area contributed by atoms with Gasteiger partial charge in [-0.25, -0.2) is 4.57 Å². The summed E-state index contributed by atoms with van der Waals surface area (Å²) in [6.45, 7) is 0.833. The van der Waals surface area contributed by atoms with E-state index in [-0.39, 0.29) is 12.4 Å². The lowest BCUT2D eigenvalue weighted by molar-refractivity contribution is -0.686. The number of para-hydroxylation sites is 1. The van der Waals surface area contributed by atoms with Gasteiger partial charge < -0.3 is 12.4 Å². The van der Waals surface area contributed by atoms with Crippen LogP contribution in [-0.2, 0) is 6.54 Å². The molecule has 2 aromatic heterocycles. The highest BCUT2D eigenvalue weighted by Gasteiger charge is 2.08. The van der Waals surface area contributed by atoms with E-state index >= 15 is 0 Å². The summed E-state index contributed by atoms with van der Waals surface area (Å²) in [7, 11) is 0. The minimum Gasteiger partial charge on any atom is -1.00 e. The van der Waals surface area contributed by atoms with Gasteiger partial charge >= 0.3 is 0 Å². The van der Waals surface area contributed by atoms with Crippen LogP contribution in [0, 0.1) is 0 Å². The first-order valence-corrected chi connectivity index (χ1v) is 7.11. The Balaban J connectivity index is 0.00000144. The van der Waals surface area contributed by atoms with Gasteiger partial charge in [0.25, 0.3) is 0 Å². The van der Waals surface area contributed by atoms with Gasteiger partial charge in [-0.15, -0.1) is 0 Å². The Morgan fingerprint density at radius 3 is 2.45 bits per heavy atom. The summed E-state index contributed by atoms with van der Waals surface area (Å²) in [5.74, 6) is 0. The second-order valence-corrected chi connectivity index (χ2v) is 5.24. The molecule has 2 nitrogen and oxygen atoms in total. The van der Waals surface area contributed by atoms with Gasteiger partial charge in [0.15, 0.2) is 18.9 Å². The monoisotopic (exact) mass is 306 g/mol. The summed E-state index contributed by atoms with van der Waals surface area (Å²) in [5.41, 5.74) is 2.33. The van der Waals surface area contributed by atoms with Gasteiger partial charge in [-0.3, -0.25) is 4.98 Å². The molecule has 0 spiro atoms. The number of aromatic nitrogens is 2. The number of halogens is 1. The van der Waals surface area contributed by atoms with E-state index < -0.39 is 0 Å². The summed E-state index contributed by atoms with van der Waals surface area (Å²) in [5, 5.41) is 3.72. The standard InChI is InChI=1S/C19H15N2.ClH/c1-2-6-17-13-21(12-10-15(17)5-1)14-18-8-3-7-16-9-4-11-20-19(16)18;/h1-13H,14H2;1H/q+1;/p-1. The quantitative estimate of drug-likeness (QED) is 0.499. The predicted octanol–water partition coefficient (Wildman–Crippen LogP) is 0.728. The van der Waals surface area contributed by atoms with E-state index in [4.69, 9.17) is 0 Å². The summed E-state index contributed by atoms with van der Waals surface area (Å²) in [4.78, 5) is 4.53. The van der Waals surface area contributed by atoms with Gasteiger partial charge in [0.1, 0.15) is 0 Å². The number of benzene rings is 2. The summed E-state index contributed by atoms with van der Waals surface area (Å²) in [6, 6.07) is 21.0. The highest BCUT2D eigenvalue weighted by Crippen LogP contribution is 2.16. The first-order valence-electron chi connectivity index (χ1n) is 7.11. The lowest BCUT2D eigenvalue weighted by Gasteiger charge is -2.03. The molecule has 0 bridgehead atoms. The lowest BCUT2D eigenvalue weighted by atomic mass is 10.1. The van der Waals surface area contributed by atoms with Crippen LogP contribution in [0.5, 0.6) is 0 Å². The zero-order valence-corrected chi connectivity index (χ0v) is 12.7. The summed E-state index contributed by atoms with van der Waals surface area (Å²) < 4.78 is 2.21. The van der Waals surface area contributed by atoms with Crippen molar-refractivity contribution in [3.05, 3.63) is 84.8 Å². The van der Waals surface area contributed by atoms with Gasteiger partial charge in [-0.1, -0.05) is 42.5 Å². The highest BCUT2D eigenvalue weighted by atomic mass is 35.5. The van der Waals surface area contributed by atoms with Crippen molar-refractivity contribution in [3.63, 3.8) is 0 Å². The van der Waals surface area contributed by atoms with Gasteiger partial charge in [0, 0.05) is 28.6 Å². The third-order valence-corrected chi connectivity index (χ3v) is 3.82. The first kappa shape index (κ1) is 14.5. The topological polar surface area (TPSA) is 16.8 Å². The number of hydrogen-bond donors (Lipinski definition) is 0. The Kier molecular flexibility index (Phi) is 4.03. The van der Waals surface area contributed by atoms with Crippen molar-refractivity contribution in [2.45, 2.75) is 6.54 Å². The minimum atomic E-state index is 0. The molecule has 0 N–H and O–H groups in total. The molecule has 0 aliphatic carbocycles. The molecule has 108 valence electrons. The van der Waals surface area contributed by atoms with Crippen molar-refractivity contribution >= 4 is 21.7 Å². The second kappa shape index (κ2) is 6.12. The van der Waals surface area contributed by atoms with Crippen LogP contribution in [0.2, 0.25) is 0 Å². The molecule has 0 saturated carbocycles. The maximum absolute atomic E-state index is 4.53. The van der Waals surface area contributed by atoms with Crippen LogP contribution < -0.4 is 17.0 Å². The van der Waals surface area contributed by atoms with Crippen molar-refractivity contribution < 1.29 is 17.0 Å². The fourth-order valence-electron chi connectivity index (χ4n) is 2.77. The van der Waals surface area contributed by atoms with Crippen LogP contribution in [-0.4, -0.2) is 4.98 Å². The molecular weight excluding hydrogens is 292 g/mol. The maximum Gasteiger partial charge on any atom is 0.176 e. The third kappa shape index (κ3) is 2.66. The van der Waals surface area contributed by atoms with E-state index in [1.807, 2.05) is 12.3 Å². The lowest BCUT2D eigenvalue weighted by Crippen LogP contribution is -3.00. The average Bonchev–Trinajstić information content (AvgIpc) is 2.55. The number of fused-ring (bicyclic) bond motifs is 2. The summed E-state index contributed by atoms with van der Waals surface area (Å²) >= 11 is 0. The number of hydrogen-bond acceptors (Lipinski definition) is 1. The van der Waals surface area contributed by atoms with E-state index in [1.165, 1.54) is 21.7 Å². The molecule has 2 heterocycles. The number of pyridine rings is 2. The normalized spacial score (nSPS) is 10.5. The van der Waals surface area contributed by atoms with Gasteiger partial charge in [-0.05, 0) is 17.5 Å². The Hall–Kier alpha value is -2.45. The molecule has 2 aromatic carbocycles. The molecular formula is C19H15ClN2. The zero-order valence-electron chi connectivity index (χ0n) is 12.0. The van der Waals surface area contributed by atoms with Crippen molar-refractivity contribution in [2.24, 2.45) is 0 Å². The molecule has 0 atom stereocenters. The Morgan fingerprint density at radius 1 is 0.773 bits per heavy atom. The van der Waals surface area contributed by atoms with Gasteiger partial charge in [-0.2, -0.15) is 0 Å². The van der Waals surface area contributed by atoms with Gasteiger partial charge in [0.05, 0.1) is 5.52 Å². The molecule has 0 unspecified atom stereocenters. The largest absolute Gasteiger partial charge is 1.00 e. The van der Waals surface area contributed by atoms with Crippen LogP contribution in [0.15, 0.2) is 79.3 Å². The van der Waals surface area contributed by atoms with E-state index in [0.717, 1.165) is 12.1 Å². The SMILES string of the molecule is [Cl-].c1ccc2c[n+](Cc3cccc4cccnc34)ccc2c1. The third-order valence-electron chi connectivity index (χ3n) is 3.82. The number of rotatable bonds is 2. The van der Waals surface area contributed by atoms with Crippen molar-refractivity contribution in [2.75, 3.05) is 0 Å². The Bertz CT molecular complexity index is 929. The van der Waals surface area contributed by atoms with E-state index in [9.17, 15) is 0 Å². The van der Waals surface area contributed by atoms with E-state index in [2.05, 4.69) is 76.5 Å². The molecule has 3 heteroatoms. The van der Waals surface area contributed by atoms with E-state index in [0.29, 0.717) is 0 Å². The van der Waals surface area contributed by atoms with Crippen LogP contribution in [0.4, 0.5) is 0 Å². The minimum absolute atomic E-state index is 0. The molecule has 0 amide bonds. The molecule has 0 aliphatic heterocycles. The van der Waals surface area contributed by atoms with Crippen LogP contribution in [0.1, 0.15) is 5.56 Å². The molecule has 0 saturated heterocycles. The van der Waals surface area contributed by atoms with E-state index in [1.54, 1.807) is 0 Å². The molecule has 0 aliphatic rings. The Morgan fingerprint density at radius 2 is 1.55 bits per heavy atom. The molecule has 0 fully saturated rings. The molecule has 0 radical (unpaired) electrons. The molecule has 4 rings (SSSR count). The van der Waals surface area contributed by atoms with Crippen LogP contribution in [0.3, 0.4) is 0 Å². The Labute approximate surface area is 135 Å². The van der Waals surface area contributed by atoms with Crippen molar-refractivity contribution in [3.8, 4) is 0 Å². The van der Waals surface area contributed by atoms with Gasteiger partial charge in [0.2, 0.25) is 0 Å². The zero-order chi connectivity index (χ0) is 14.1. The smallest absolute Gasteiger partial charge is 0.176 e. The van der Waals surface area contributed by atoms with Crippen LogP contribution in [0.25, 0.3) is 21.7 Å². The van der Waals surface area contributed by atoms with Crippen molar-refractivity contribution in [1.29, 1.82) is 0 Å².